The van der Waals surface area contributed by atoms with Crippen LogP contribution in [-0.2, 0) is 21.1 Å². The number of hydrogen-bond donors (Lipinski definition) is 2. The molecule has 0 heterocycles. The Balaban J connectivity index is 0.00000312. The first-order valence-corrected chi connectivity index (χ1v) is 10.5. The molecule has 2 aromatic carbocycles. The average Bonchev–Trinajstić information content (AvgIpc) is 2.50. The number of hydrogen-bond acceptors (Lipinski definition) is 4. The second kappa shape index (κ2) is 9.89. The van der Waals surface area contributed by atoms with E-state index in [1.54, 1.807) is 0 Å². The zero-order valence-corrected chi connectivity index (χ0v) is 18.6. The normalized spacial score (nSPS) is 13.1. The molecule has 2 rings (SSSR count). The van der Waals surface area contributed by atoms with Gasteiger partial charge in [-0.05, 0) is 36.0 Å². The minimum Gasteiger partial charge on any atom is -0.747 e. The molecular formula is C16H18KO6PS. The van der Waals surface area contributed by atoms with Crippen LogP contribution in [0.4, 0.5) is 0 Å². The number of benzene rings is 2. The van der Waals surface area contributed by atoms with Gasteiger partial charge in [-0.2, -0.15) is 0 Å². The Kier molecular flexibility index (Phi) is 9.17. The smallest absolute Gasteiger partial charge is 0.747 e. The summed E-state index contributed by atoms with van der Waals surface area (Å²) in [5.74, 6) is 0. The van der Waals surface area contributed by atoms with Crippen LogP contribution in [0.5, 0.6) is 0 Å². The van der Waals surface area contributed by atoms with Crippen LogP contribution < -0.4 is 51.4 Å². The Labute approximate surface area is 190 Å². The van der Waals surface area contributed by atoms with Gasteiger partial charge in [0.05, 0.1) is 0 Å². The maximum atomic E-state index is 11.1. The minimum absolute atomic E-state index is 0. The molecule has 0 saturated heterocycles. The minimum atomic E-state index is -5.03. The molecular weight excluding hydrogens is 390 g/mol. The van der Waals surface area contributed by atoms with E-state index in [1.807, 2.05) is 54.6 Å². The van der Waals surface area contributed by atoms with E-state index in [4.69, 9.17) is 9.79 Å². The van der Waals surface area contributed by atoms with E-state index >= 15 is 0 Å². The summed E-state index contributed by atoms with van der Waals surface area (Å²) in [4.78, 5) is 15.8. The zero-order chi connectivity index (χ0) is 17.8. The van der Waals surface area contributed by atoms with Gasteiger partial charge in [-0.1, -0.05) is 54.6 Å². The third-order valence-corrected chi connectivity index (χ3v) is 7.20. The SMILES string of the molecule is O=P(O)(O)C(CCCc1ccc(-c2ccccc2)cc1)S(=O)(=O)[O-].[K+]. The van der Waals surface area contributed by atoms with E-state index in [9.17, 15) is 17.5 Å². The van der Waals surface area contributed by atoms with Crippen molar-refractivity contribution in [2.75, 3.05) is 0 Å². The van der Waals surface area contributed by atoms with Gasteiger partial charge in [-0.15, -0.1) is 0 Å². The zero-order valence-electron chi connectivity index (χ0n) is 13.8. The molecule has 0 aromatic heterocycles. The first kappa shape index (κ1) is 23.2. The van der Waals surface area contributed by atoms with Crippen LogP contribution in [0.25, 0.3) is 11.1 Å². The Hall–Kier alpha value is 0.136. The Morgan fingerprint density at radius 3 is 1.96 bits per heavy atom. The molecule has 130 valence electrons. The topological polar surface area (TPSA) is 115 Å². The molecule has 0 aliphatic heterocycles. The summed E-state index contributed by atoms with van der Waals surface area (Å²) >= 11 is 0. The average molecular weight is 408 g/mol. The molecule has 0 radical (unpaired) electrons. The third-order valence-electron chi connectivity index (χ3n) is 3.69. The van der Waals surface area contributed by atoms with Gasteiger partial charge in [0.1, 0.15) is 10.1 Å². The second-order valence-electron chi connectivity index (χ2n) is 5.49. The molecule has 0 spiro atoms. The summed E-state index contributed by atoms with van der Waals surface area (Å²) in [7, 11) is -10.00. The van der Waals surface area contributed by atoms with Crippen LogP contribution in [0.15, 0.2) is 54.6 Å². The van der Waals surface area contributed by atoms with Crippen LogP contribution in [-0.4, -0.2) is 27.7 Å². The van der Waals surface area contributed by atoms with Crippen LogP contribution in [0.3, 0.4) is 0 Å². The first-order valence-electron chi connectivity index (χ1n) is 7.32. The fraction of sp³-hybridized carbons (Fsp3) is 0.250. The van der Waals surface area contributed by atoms with E-state index < -0.39 is 22.7 Å². The Morgan fingerprint density at radius 2 is 1.48 bits per heavy atom. The van der Waals surface area contributed by atoms with Crippen molar-refractivity contribution < 1.29 is 78.7 Å². The number of aryl methyl sites for hydroxylation is 1. The summed E-state index contributed by atoms with van der Waals surface area (Å²) in [6.45, 7) is 0. The van der Waals surface area contributed by atoms with Gasteiger partial charge in [0.2, 0.25) is 0 Å². The molecule has 0 aliphatic rings. The van der Waals surface area contributed by atoms with Crippen molar-refractivity contribution >= 4 is 17.7 Å². The van der Waals surface area contributed by atoms with Crippen molar-refractivity contribution in [2.24, 2.45) is 0 Å². The quantitative estimate of drug-likeness (QED) is 0.370. The monoisotopic (exact) mass is 408 g/mol. The van der Waals surface area contributed by atoms with Crippen LogP contribution in [0.2, 0.25) is 0 Å². The van der Waals surface area contributed by atoms with Crippen molar-refractivity contribution in [3.8, 4) is 11.1 Å². The molecule has 2 aromatic rings. The van der Waals surface area contributed by atoms with Crippen molar-refractivity contribution in [2.45, 2.75) is 24.3 Å². The van der Waals surface area contributed by atoms with E-state index in [-0.39, 0.29) is 64.2 Å². The van der Waals surface area contributed by atoms with E-state index in [1.165, 1.54) is 0 Å². The summed E-state index contributed by atoms with van der Waals surface area (Å²) in [5, 5.41) is 0. The predicted octanol–water partition coefficient (Wildman–Crippen LogP) is -0.271. The van der Waals surface area contributed by atoms with Gasteiger partial charge >= 0.3 is 59.0 Å². The molecule has 9 heteroatoms. The summed E-state index contributed by atoms with van der Waals surface area (Å²) < 4.78 is 44.1. The molecule has 0 bridgehead atoms. The molecule has 0 saturated carbocycles. The third kappa shape index (κ3) is 7.34. The summed E-state index contributed by atoms with van der Waals surface area (Å²) in [6.07, 6.45) is 0.263. The van der Waals surface area contributed by atoms with E-state index in [0.717, 1.165) is 16.7 Å². The molecule has 1 unspecified atom stereocenters. The van der Waals surface area contributed by atoms with Crippen LogP contribution in [0.1, 0.15) is 18.4 Å². The summed E-state index contributed by atoms with van der Waals surface area (Å²) in [6, 6.07) is 17.4. The molecule has 2 N–H and O–H groups in total. The molecule has 25 heavy (non-hydrogen) atoms. The molecule has 1 atom stereocenters. The largest absolute Gasteiger partial charge is 1.00 e. The van der Waals surface area contributed by atoms with Gasteiger partial charge in [0.25, 0.3) is 0 Å². The molecule has 6 nitrogen and oxygen atoms in total. The van der Waals surface area contributed by atoms with Crippen molar-refractivity contribution in [1.82, 2.24) is 0 Å². The van der Waals surface area contributed by atoms with Crippen molar-refractivity contribution in [3.05, 3.63) is 60.2 Å². The first-order chi connectivity index (χ1) is 11.2. The standard InChI is InChI=1S/C16H19O6PS.K/c17-23(18,19)16(24(20,21)22)8-4-5-13-9-11-15(12-10-13)14-6-2-1-3-7-14;/h1-3,6-7,9-12,16H,4-5,8H2,(H2,17,18,19)(H,20,21,22);/q;+1/p-1. The van der Waals surface area contributed by atoms with Gasteiger partial charge in [-0.25, -0.2) is 8.42 Å². The van der Waals surface area contributed by atoms with Gasteiger partial charge in [0, 0.05) is 0 Å². The van der Waals surface area contributed by atoms with E-state index in [2.05, 4.69) is 0 Å². The maximum Gasteiger partial charge on any atom is 1.00 e. The summed E-state index contributed by atoms with van der Waals surface area (Å²) in [5.41, 5.74) is 3.01. The fourth-order valence-electron chi connectivity index (χ4n) is 2.46. The second-order valence-corrected chi connectivity index (χ2v) is 9.20. The molecule has 0 aliphatic carbocycles. The van der Waals surface area contributed by atoms with E-state index in [0.29, 0.717) is 6.42 Å². The van der Waals surface area contributed by atoms with Crippen LogP contribution in [0, 0.1) is 0 Å². The van der Waals surface area contributed by atoms with Gasteiger partial charge in [0.15, 0.2) is 4.99 Å². The van der Waals surface area contributed by atoms with Gasteiger partial charge in [-0.3, -0.25) is 4.57 Å². The molecule has 0 fully saturated rings. The molecule has 0 amide bonds. The fourth-order valence-corrected chi connectivity index (χ4v) is 4.78. The van der Waals surface area contributed by atoms with Gasteiger partial charge < -0.3 is 14.3 Å². The Morgan fingerprint density at radius 1 is 0.960 bits per heavy atom. The van der Waals surface area contributed by atoms with Crippen LogP contribution >= 0.6 is 7.60 Å². The Bertz CT molecular complexity index is 817. The van der Waals surface area contributed by atoms with Crippen molar-refractivity contribution in [1.29, 1.82) is 0 Å². The predicted molar refractivity (Wildman–Crippen MR) is 90.3 cm³/mol. The number of rotatable bonds is 7. The maximum absolute atomic E-state index is 11.1. The van der Waals surface area contributed by atoms with Crippen molar-refractivity contribution in [3.63, 3.8) is 0 Å².